The van der Waals surface area contributed by atoms with Crippen molar-refractivity contribution in [2.75, 3.05) is 6.61 Å². The van der Waals surface area contributed by atoms with Gasteiger partial charge in [0.25, 0.3) is 0 Å². The van der Waals surface area contributed by atoms with Crippen LogP contribution in [0.25, 0.3) is 11.1 Å². The molecule has 0 spiro atoms. The molecule has 1 nitrogen and oxygen atoms in total. The van der Waals surface area contributed by atoms with Crippen molar-refractivity contribution < 1.29 is 17.9 Å². The van der Waals surface area contributed by atoms with Gasteiger partial charge in [-0.25, -0.2) is 13.2 Å². The van der Waals surface area contributed by atoms with Crippen LogP contribution in [0, 0.1) is 24.5 Å². The third kappa shape index (κ3) is 6.40. The van der Waals surface area contributed by atoms with Crippen molar-refractivity contribution in [2.45, 2.75) is 58.3 Å². The van der Waals surface area contributed by atoms with Crippen molar-refractivity contribution in [3.05, 3.63) is 95.6 Å². The van der Waals surface area contributed by atoms with E-state index in [0.717, 1.165) is 37.7 Å². The predicted octanol–water partition coefficient (Wildman–Crippen LogP) is 8.95. The van der Waals surface area contributed by atoms with Crippen LogP contribution in [-0.4, -0.2) is 6.61 Å². The van der Waals surface area contributed by atoms with Gasteiger partial charge in [0.15, 0.2) is 11.6 Å². The Morgan fingerprint density at radius 3 is 2.30 bits per heavy atom. The lowest BCUT2D eigenvalue weighted by atomic mass is 9.76. The van der Waals surface area contributed by atoms with Crippen LogP contribution < -0.4 is 0 Å². The lowest BCUT2D eigenvalue weighted by molar-refractivity contribution is 0.243. The Hall–Kier alpha value is -2.75. The highest BCUT2D eigenvalue weighted by molar-refractivity contribution is 5.65. The van der Waals surface area contributed by atoms with E-state index in [9.17, 15) is 13.2 Å². The number of aryl methyl sites for hydroxylation is 1. The lowest BCUT2D eigenvalue weighted by Gasteiger charge is -2.29. The third-order valence-electron chi connectivity index (χ3n) is 6.57. The van der Waals surface area contributed by atoms with Crippen molar-refractivity contribution in [2.24, 2.45) is 5.92 Å². The summed E-state index contributed by atoms with van der Waals surface area (Å²) in [6, 6.07) is 10.9. The molecule has 0 bridgehead atoms. The molecule has 0 aliphatic heterocycles. The molecule has 0 amide bonds. The fraction of sp³-hybridized carbons (Fsp3) is 0.379. The predicted molar refractivity (Wildman–Crippen MR) is 130 cm³/mol. The van der Waals surface area contributed by atoms with Gasteiger partial charge in [-0.05, 0) is 80.9 Å². The number of hydrogen-bond donors (Lipinski definition) is 0. The normalized spacial score (nSPS) is 18.8. The van der Waals surface area contributed by atoms with Gasteiger partial charge in [0.05, 0.1) is 6.61 Å². The number of allylic oxidation sites excluding steroid dienone is 3. The molecule has 2 aromatic carbocycles. The standard InChI is InChI=1S/C29H33F3O/c1-5-33-21(4)18-27(30)20(3)8-9-22-10-14-24(15-11-22)26-17-16-25(28(31)29(26)32)23-12-6-19(2)7-13-23/h6-7,12-13,16-18,22,24H,3-5,8-11,14-15H2,1-2H3/b27-18+. The van der Waals surface area contributed by atoms with Crippen LogP contribution in [0.15, 0.2) is 72.8 Å². The Bertz CT molecular complexity index is 1010. The molecule has 0 heterocycles. The van der Waals surface area contributed by atoms with Gasteiger partial charge >= 0.3 is 0 Å². The van der Waals surface area contributed by atoms with Crippen molar-refractivity contribution in [3.63, 3.8) is 0 Å². The Balaban J connectivity index is 1.56. The maximum Gasteiger partial charge on any atom is 0.166 e. The molecule has 2 aromatic rings. The van der Waals surface area contributed by atoms with Crippen LogP contribution in [0.4, 0.5) is 13.2 Å². The van der Waals surface area contributed by atoms with E-state index in [4.69, 9.17) is 4.74 Å². The summed E-state index contributed by atoms with van der Waals surface area (Å²) in [5.41, 5.74) is 2.96. The molecule has 0 aromatic heterocycles. The minimum atomic E-state index is -0.773. The van der Waals surface area contributed by atoms with Gasteiger partial charge in [0.1, 0.15) is 11.6 Å². The molecule has 1 saturated carbocycles. The largest absolute Gasteiger partial charge is 0.494 e. The zero-order valence-electron chi connectivity index (χ0n) is 19.6. The van der Waals surface area contributed by atoms with E-state index in [1.54, 1.807) is 12.1 Å². The average Bonchev–Trinajstić information content (AvgIpc) is 2.80. The van der Waals surface area contributed by atoms with E-state index in [0.29, 0.717) is 47.0 Å². The summed E-state index contributed by atoms with van der Waals surface area (Å²) in [5, 5.41) is 0. The first-order valence-electron chi connectivity index (χ1n) is 11.7. The van der Waals surface area contributed by atoms with E-state index >= 15 is 0 Å². The molecule has 1 fully saturated rings. The molecule has 1 aliphatic carbocycles. The molecule has 33 heavy (non-hydrogen) atoms. The van der Waals surface area contributed by atoms with Gasteiger partial charge in [-0.1, -0.05) is 55.1 Å². The first kappa shape index (κ1) is 24.9. The maximum absolute atomic E-state index is 15.0. The second-order valence-electron chi connectivity index (χ2n) is 8.95. The highest BCUT2D eigenvalue weighted by Crippen LogP contribution is 2.40. The summed E-state index contributed by atoms with van der Waals surface area (Å²) in [4.78, 5) is 0. The van der Waals surface area contributed by atoms with E-state index in [1.165, 1.54) is 6.08 Å². The first-order valence-corrected chi connectivity index (χ1v) is 11.7. The Morgan fingerprint density at radius 2 is 1.67 bits per heavy atom. The van der Waals surface area contributed by atoms with Crippen LogP contribution in [-0.2, 0) is 4.74 Å². The Labute approximate surface area is 195 Å². The topological polar surface area (TPSA) is 9.23 Å². The van der Waals surface area contributed by atoms with Crippen molar-refractivity contribution in [1.82, 2.24) is 0 Å². The maximum atomic E-state index is 15.0. The highest BCUT2D eigenvalue weighted by atomic mass is 19.2. The summed E-state index contributed by atoms with van der Waals surface area (Å²) in [6.45, 7) is 11.7. The van der Waals surface area contributed by atoms with Crippen molar-refractivity contribution >= 4 is 0 Å². The van der Waals surface area contributed by atoms with Gasteiger partial charge in [-0.2, -0.15) is 0 Å². The molecule has 3 rings (SSSR count). The molecule has 0 radical (unpaired) electrons. The number of rotatable bonds is 9. The zero-order valence-corrected chi connectivity index (χ0v) is 19.6. The molecule has 0 unspecified atom stereocenters. The Morgan fingerprint density at radius 1 is 1.00 bits per heavy atom. The van der Waals surface area contributed by atoms with Crippen LogP contribution >= 0.6 is 0 Å². The lowest BCUT2D eigenvalue weighted by Crippen LogP contribution is -2.15. The first-order chi connectivity index (χ1) is 15.8. The van der Waals surface area contributed by atoms with Crippen LogP contribution in [0.2, 0.25) is 0 Å². The second-order valence-corrected chi connectivity index (χ2v) is 8.95. The van der Waals surface area contributed by atoms with E-state index in [2.05, 4.69) is 13.2 Å². The fourth-order valence-corrected chi connectivity index (χ4v) is 4.57. The number of benzene rings is 2. The molecule has 0 N–H and O–H groups in total. The number of ether oxygens (including phenoxy) is 1. The van der Waals surface area contributed by atoms with Crippen molar-refractivity contribution in [1.29, 1.82) is 0 Å². The molecule has 0 atom stereocenters. The quantitative estimate of drug-likeness (QED) is 0.271. The van der Waals surface area contributed by atoms with E-state index in [1.807, 2.05) is 38.1 Å². The number of halogens is 3. The smallest absolute Gasteiger partial charge is 0.166 e. The average molecular weight is 455 g/mol. The van der Waals surface area contributed by atoms with Crippen LogP contribution in [0.1, 0.15) is 62.5 Å². The zero-order chi connectivity index (χ0) is 24.0. The van der Waals surface area contributed by atoms with E-state index < -0.39 is 17.5 Å². The molecule has 176 valence electrons. The van der Waals surface area contributed by atoms with Crippen LogP contribution in [0.5, 0.6) is 0 Å². The summed E-state index contributed by atoms with van der Waals surface area (Å²) < 4.78 is 49.2. The molecular formula is C29H33F3O. The minimum Gasteiger partial charge on any atom is -0.494 e. The minimum absolute atomic E-state index is 0.0113. The Kier molecular flexibility index (Phi) is 8.60. The van der Waals surface area contributed by atoms with Crippen molar-refractivity contribution in [3.8, 4) is 11.1 Å². The van der Waals surface area contributed by atoms with Gasteiger partial charge in [0.2, 0.25) is 0 Å². The van der Waals surface area contributed by atoms with Gasteiger partial charge < -0.3 is 4.74 Å². The van der Waals surface area contributed by atoms with Crippen LogP contribution in [0.3, 0.4) is 0 Å². The monoisotopic (exact) mass is 454 g/mol. The summed E-state index contributed by atoms with van der Waals surface area (Å²) in [5.74, 6) is -1.16. The third-order valence-corrected chi connectivity index (χ3v) is 6.57. The van der Waals surface area contributed by atoms with Gasteiger partial charge in [0, 0.05) is 11.6 Å². The second kappa shape index (κ2) is 11.4. The fourth-order valence-electron chi connectivity index (χ4n) is 4.57. The molecule has 0 saturated heterocycles. The molecule has 4 heteroatoms. The summed E-state index contributed by atoms with van der Waals surface area (Å²) >= 11 is 0. The summed E-state index contributed by atoms with van der Waals surface area (Å²) in [6.07, 6.45) is 6.10. The summed E-state index contributed by atoms with van der Waals surface area (Å²) in [7, 11) is 0. The van der Waals surface area contributed by atoms with E-state index in [-0.39, 0.29) is 5.92 Å². The number of hydrogen-bond acceptors (Lipinski definition) is 1. The van der Waals surface area contributed by atoms with Gasteiger partial charge in [-0.3, -0.25) is 0 Å². The molecular weight excluding hydrogens is 421 g/mol. The molecule has 1 aliphatic rings. The highest BCUT2D eigenvalue weighted by Gasteiger charge is 2.26. The SMILES string of the molecule is C=C(/C=C(/F)C(=C)CCC1CCC(c2ccc(-c3ccc(C)cc3)c(F)c2F)CC1)OCC. The van der Waals surface area contributed by atoms with Gasteiger partial charge in [-0.15, -0.1) is 0 Å².